The number of hydrogen-bond acceptors (Lipinski definition) is 2. The Bertz CT molecular complexity index is 820. The second-order valence-corrected chi connectivity index (χ2v) is 5.80. The van der Waals surface area contributed by atoms with Gasteiger partial charge in [-0.3, -0.25) is 4.68 Å². The maximum atomic E-state index is 11.8. The van der Waals surface area contributed by atoms with Gasteiger partial charge in [0.2, 0.25) is 0 Å². The van der Waals surface area contributed by atoms with Crippen molar-refractivity contribution in [2.24, 2.45) is 0 Å². The van der Waals surface area contributed by atoms with Crippen molar-refractivity contribution in [2.45, 2.75) is 26.3 Å². The summed E-state index contributed by atoms with van der Waals surface area (Å²) in [6.07, 6.45) is 5.56. The number of urea groups is 1. The van der Waals surface area contributed by atoms with Gasteiger partial charge in [-0.1, -0.05) is 55.8 Å². The molecular formula is C19H22N4O. The smallest absolute Gasteiger partial charge is 0.319 e. The number of carbonyl (C=O) groups excluding carboxylic acids is 1. The Morgan fingerprint density at radius 2 is 2.00 bits per heavy atom. The van der Waals surface area contributed by atoms with E-state index in [1.54, 1.807) is 6.20 Å². The number of nitrogens with one attached hydrogen (secondary N) is 2. The second-order valence-electron chi connectivity index (χ2n) is 5.80. The molecule has 1 aromatic heterocycles. The third kappa shape index (κ3) is 3.93. The number of aromatic nitrogens is 2. The van der Waals surface area contributed by atoms with Gasteiger partial charge in [0.25, 0.3) is 0 Å². The fourth-order valence-electron chi connectivity index (χ4n) is 2.67. The van der Waals surface area contributed by atoms with Gasteiger partial charge in [0.1, 0.15) is 0 Å². The van der Waals surface area contributed by atoms with Crippen LogP contribution in [0.4, 0.5) is 10.5 Å². The van der Waals surface area contributed by atoms with Crippen molar-refractivity contribution in [2.75, 3.05) is 11.9 Å². The maximum Gasteiger partial charge on any atom is 0.319 e. The number of nitrogens with zero attached hydrogens (tertiary/aromatic N) is 2. The standard InChI is InChI=1S/C19H22N4O/c1-2-3-11-20-19(24)22-17-12-21-23(14-17)13-16-9-6-8-15-7-4-5-10-18(15)16/h4-10,12,14H,2-3,11,13H2,1H3,(H2,20,22,24). The van der Waals surface area contributed by atoms with Gasteiger partial charge in [0.15, 0.2) is 0 Å². The number of carbonyl (C=O) groups is 1. The van der Waals surface area contributed by atoms with Crippen molar-refractivity contribution in [1.29, 1.82) is 0 Å². The zero-order valence-corrected chi connectivity index (χ0v) is 13.8. The minimum atomic E-state index is -0.187. The minimum absolute atomic E-state index is 0.187. The Hall–Kier alpha value is -2.82. The summed E-state index contributed by atoms with van der Waals surface area (Å²) in [6.45, 7) is 3.45. The van der Waals surface area contributed by atoms with E-state index in [2.05, 4.69) is 53.0 Å². The number of unbranched alkanes of at least 4 members (excludes halogenated alkanes) is 1. The molecule has 2 amide bonds. The van der Waals surface area contributed by atoms with E-state index in [9.17, 15) is 4.79 Å². The molecule has 124 valence electrons. The number of hydrogen-bond donors (Lipinski definition) is 2. The SMILES string of the molecule is CCCCNC(=O)Nc1cnn(Cc2cccc3ccccc23)c1. The highest BCUT2D eigenvalue weighted by Crippen LogP contribution is 2.19. The molecule has 0 fully saturated rings. The summed E-state index contributed by atoms with van der Waals surface area (Å²) >= 11 is 0. The molecule has 5 heteroatoms. The summed E-state index contributed by atoms with van der Waals surface area (Å²) < 4.78 is 1.84. The van der Waals surface area contributed by atoms with Crippen LogP contribution in [0.15, 0.2) is 54.9 Å². The highest BCUT2D eigenvalue weighted by atomic mass is 16.2. The number of amides is 2. The first-order valence-electron chi connectivity index (χ1n) is 8.30. The van der Waals surface area contributed by atoms with Crippen LogP contribution in [0.2, 0.25) is 0 Å². The first-order chi connectivity index (χ1) is 11.8. The Kier molecular flexibility index (Phi) is 5.11. The average molecular weight is 322 g/mol. The highest BCUT2D eigenvalue weighted by Gasteiger charge is 2.06. The van der Waals surface area contributed by atoms with Crippen LogP contribution >= 0.6 is 0 Å². The van der Waals surface area contributed by atoms with Gasteiger partial charge in [-0.2, -0.15) is 5.10 Å². The van der Waals surface area contributed by atoms with Crippen LogP contribution in [-0.4, -0.2) is 22.4 Å². The van der Waals surface area contributed by atoms with Crippen LogP contribution in [0.3, 0.4) is 0 Å². The molecule has 1 heterocycles. The predicted octanol–water partition coefficient (Wildman–Crippen LogP) is 4.01. The van der Waals surface area contributed by atoms with Crippen LogP contribution in [0, 0.1) is 0 Å². The summed E-state index contributed by atoms with van der Waals surface area (Å²) in [5, 5.41) is 12.4. The largest absolute Gasteiger partial charge is 0.338 e. The average Bonchev–Trinajstić information content (AvgIpc) is 3.02. The van der Waals surface area contributed by atoms with Crippen LogP contribution in [0.1, 0.15) is 25.3 Å². The molecule has 24 heavy (non-hydrogen) atoms. The molecule has 0 saturated carbocycles. The molecule has 0 saturated heterocycles. The van der Waals surface area contributed by atoms with Gasteiger partial charge in [0.05, 0.1) is 18.4 Å². The first kappa shape index (κ1) is 16.1. The molecule has 5 nitrogen and oxygen atoms in total. The van der Waals surface area contributed by atoms with Crippen LogP contribution in [0.5, 0.6) is 0 Å². The molecule has 0 atom stereocenters. The van der Waals surface area contributed by atoms with Crippen molar-refractivity contribution in [3.63, 3.8) is 0 Å². The number of rotatable bonds is 6. The summed E-state index contributed by atoms with van der Waals surface area (Å²) in [4.78, 5) is 11.8. The van der Waals surface area contributed by atoms with Crippen molar-refractivity contribution in [1.82, 2.24) is 15.1 Å². The molecular weight excluding hydrogens is 300 g/mol. The lowest BCUT2D eigenvalue weighted by molar-refractivity contribution is 0.252. The van der Waals surface area contributed by atoms with E-state index < -0.39 is 0 Å². The first-order valence-corrected chi connectivity index (χ1v) is 8.30. The van der Waals surface area contributed by atoms with Gasteiger partial charge >= 0.3 is 6.03 Å². The molecule has 0 aliphatic rings. The third-order valence-electron chi connectivity index (χ3n) is 3.92. The van der Waals surface area contributed by atoms with Gasteiger partial charge in [-0.15, -0.1) is 0 Å². The Balaban J connectivity index is 1.66. The van der Waals surface area contributed by atoms with E-state index in [1.165, 1.54) is 16.3 Å². The Labute approximate surface area is 141 Å². The lowest BCUT2D eigenvalue weighted by Crippen LogP contribution is -2.29. The number of anilines is 1. The van der Waals surface area contributed by atoms with E-state index in [4.69, 9.17) is 0 Å². The molecule has 0 spiro atoms. The highest BCUT2D eigenvalue weighted by molar-refractivity contribution is 5.89. The quantitative estimate of drug-likeness (QED) is 0.674. The summed E-state index contributed by atoms with van der Waals surface area (Å²) in [6, 6.07) is 14.4. The molecule has 0 aliphatic heterocycles. The fraction of sp³-hybridized carbons (Fsp3) is 0.263. The zero-order valence-electron chi connectivity index (χ0n) is 13.8. The fourth-order valence-corrected chi connectivity index (χ4v) is 2.67. The number of benzene rings is 2. The molecule has 0 unspecified atom stereocenters. The molecule has 2 N–H and O–H groups in total. The molecule has 3 rings (SSSR count). The monoisotopic (exact) mass is 322 g/mol. The number of fused-ring (bicyclic) bond motifs is 1. The third-order valence-corrected chi connectivity index (χ3v) is 3.92. The molecule has 3 aromatic rings. The van der Waals surface area contributed by atoms with Crippen LogP contribution in [0.25, 0.3) is 10.8 Å². The van der Waals surface area contributed by atoms with Crippen molar-refractivity contribution in [3.05, 3.63) is 60.4 Å². The van der Waals surface area contributed by atoms with Crippen LogP contribution < -0.4 is 10.6 Å². The van der Waals surface area contributed by atoms with Gasteiger partial charge in [-0.25, -0.2) is 4.79 Å². The predicted molar refractivity (Wildman–Crippen MR) is 97.2 cm³/mol. The van der Waals surface area contributed by atoms with Crippen molar-refractivity contribution < 1.29 is 4.79 Å². The van der Waals surface area contributed by atoms with E-state index in [0.29, 0.717) is 18.8 Å². The summed E-state index contributed by atoms with van der Waals surface area (Å²) in [5.41, 5.74) is 1.90. The maximum absolute atomic E-state index is 11.8. The molecule has 0 radical (unpaired) electrons. The van der Waals surface area contributed by atoms with E-state index >= 15 is 0 Å². The second kappa shape index (κ2) is 7.64. The topological polar surface area (TPSA) is 59.0 Å². The van der Waals surface area contributed by atoms with Crippen LogP contribution in [-0.2, 0) is 6.54 Å². The van der Waals surface area contributed by atoms with E-state index in [-0.39, 0.29) is 6.03 Å². The molecule has 2 aromatic carbocycles. The Morgan fingerprint density at radius 1 is 1.17 bits per heavy atom. The lowest BCUT2D eigenvalue weighted by atomic mass is 10.0. The summed E-state index contributed by atoms with van der Waals surface area (Å²) in [7, 11) is 0. The van der Waals surface area contributed by atoms with Crippen molar-refractivity contribution in [3.8, 4) is 0 Å². The zero-order chi connectivity index (χ0) is 16.8. The van der Waals surface area contributed by atoms with Gasteiger partial charge < -0.3 is 10.6 Å². The van der Waals surface area contributed by atoms with E-state index in [1.807, 2.05) is 23.0 Å². The summed E-state index contributed by atoms with van der Waals surface area (Å²) in [5.74, 6) is 0. The molecule has 0 bridgehead atoms. The minimum Gasteiger partial charge on any atom is -0.338 e. The Morgan fingerprint density at radius 3 is 2.88 bits per heavy atom. The molecule has 0 aliphatic carbocycles. The van der Waals surface area contributed by atoms with Gasteiger partial charge in [0, 0.05) is 12.7 Å². The van der Waals surface area contributed by atoms with Crippen molar-refractivity contribution >= 4 is 22.5 Å². The lowest BCUT2D eigenvalue weighted by Gasteiger charge is -2.07. The van der Waals surface area contributed by atoms with E-state index in [0.717, 1.165) is 12.8 Å². The van der Waals surface area contributed by atoms with Gasteiger partial charge in [-0.05, 0) is 22.8 Å². The normalized spacial score (nSPS) is 10.7.